The fourth-order valence-electron chi connectivity index (χ4n) is 3.35. The molecule has 1 amide bonds. The van der Waals surface area contributed by atoms with Crippen LogP contribution >= 0.6 is 11.6 Å². The third-order valence-corrected chi connectivity index (χ3v) is 4.49. The van der Waals surface area contributed by atoms with Crippen LogP contribution in [0.5, 0.6) is 0 Å². The van der Waals surface area contributed by atoms with Gasteiger partial charge in [0.1, 0.15) is 0 Å². The van der Waals surface area contributed by atoms with Crippen molar-refractivity contribution in [1.82, 2.24) is 0 Å². The SMILES string of the molecule is CC(C)CC1(C(=O)Nc2cccc(CCl)c2)CCCC1. The molecule has 1 aliphatic carbocycles. The Kier molecular flexibility index (Phi) is 5.09. The molecule has 1 aromatic carbocycles. The van der Waals surface area contributed by atoms with Gasteiger partial charge in [0, 0.05) is 17.0 Å². The highest BCUT2D eigenvalue weighted by Gasteiger charge is 2.41. The number of carbonyl (C=O) groups is 1. The molecule has 0 aliphatic heterocycles. The van der Waals surface area contributed by atoms with Gasteiger partial charge in [0.05, 0.1) is 0 Å². The van der Waals surface area contributed by atoms with E-state index in [1.807, 2.05) is 24.3 Å². The summed E-state index contributed by atoms with van der Waals surface area (Å²) in [4.78, 5) is 12.7. The van der Waals surface area contributed by atoms with Crippen LogP contribution in [0.2, 0.25) is 0 Å². The summed E-state index contributed by atoms with van der Waals surface area (Å²) in [6.45, 7) is 4.39. The van der Waals surface area contributed by atoms with Crippen molar-refractivity contribution >= 4 is 23.2 Å². The van der Waals surface area contributed by atoms with Crippen molar-refractivity contribution in [2.45, 2.75) is 51.8 Å². The largest absolute Gasteiger partial charge is 0.326 e. The zero-order valence-corrected chi connectivity index (χ0v) is 13.2. The van der Waals surface area contributed by atoms with Gasteiger partial charge in [-0.05, 0) is 42.9 Å². The number of alkyl halides is 1. The number of halogens is 1. The van der Waals surface area contributed by atoms with E-state index >= 15 is 0 Å². The summed E-state index contributed by atoms with van der Waals surface area (Å²) in [5.41, 5.74) is 1.74. The summed E-state index contributed by atoms with van der Waals surface area (Å²) >= 11 is 5.85. The van der Waals surface area contributed by atoms with Crippen LogP contribution in [0, 0.1) is 11.3 Å². The molecule has 0 heterocycles. The van der Waals surface area contributed by atoms with E-state index in [4.69, 9.17) is 11.6 Å². The zero-order valence-electron chi connectivity index (χ0n) is 12.4. The second-order valence-electron chi connectivity index (χ2n) is 6.37. The fourth-order valence-corrected chi connectivity index (χ4v) is 3.52. The summed E-state index contributed by atoms with van der Waals surface area (Å²) in [7, 11) is 0. The van der Waals surface area contributed by atoms with Crippen molar-refractivity contribution in [3.8, 4) is 0 Å². The molecule has 3 heteroatoms. The van der Waals surface area contributed by atoms with Crippen molar-refractivity contribution in [2.24, 2.45) is 11.3 Å². The number of hydrogen-bond acceptors (Lipinski definition) is 1. The smallest absolute Gasteiger partial charge is 0.230 e. The van der Waals surface area contributed by atoms with E-state index < -0.39 is 0 Å². The Morgan fingerprint density at radius 2 is 2.05 bits per heavy atom. The highest BCUT2D eigenvalue weighted by Crippen LogP contribution is 2.44. The summed E-state index contributed by atoms with van der Waals surface area (Å²) in [6, 6.07) is 7.81. The fraction of sp³-hybridized carbons (Fsp3) is 0.588. The molecule has 1 aromatic rings. The maximum atomic E-state index is 12.7. The van der Waals surface area contributed by atoms with Crippen LogP contribution in [0.1, 0.15) is 51.5 Å². The van der Waals surface area contributed by atoms with Gasteiger partial charge in [0.15, 0.2) is 0 Å². The number of carbonyl (C=O) groups excluding carboxylic acids is 1. The molecule has 20 heavy (non-hydrogen) atoms. The van der Waals surface area contributed by atoms with Crippen molar-refractivity contribution in [3.05, 3.63) is 29.8 Å². The highest BCUT2D eigenvalue weighted by molar-refractivity contribution is 6.17. The molecule has 1 fully saturated rings. The summed E-state index contributed by atoms with van der Waals surface area (Å²) in [5.74, 6) is 1.21. The lowest BCUT2D eigenvalue weighted by Gasteiger charge is -2.29. The molecule has 0 aromatic heterocycles. The molecule has 2 nitrogen and oxygen atoms in total. The van der Waals surface area contributed by atoms with Gasteiger partial charge in [-0.25, -0.2) is 0 Å². The van der Waals surface area contributed by atoms with Gasteiger partial charge in [0.2, 0.25) is 5.91 Å². The van der Waals surface area contributed by atoms with E-state index in [1.165, 1.54) is 12.8 Å². The lowest BCUT2D eigenvalue weighted by atomic mass is 9.77. The monoisotopic (exact) mass is 293 g/mol. The average molecular weight is 294 g/mol. The van der Waals surface area contributed by atoms with Crippen LogP contribution in [0.3, 0.4) is 0 Å². The van der Waals surface area contributed by atoms with E-state index in [9.17, 15) is 4.79 Å². The normalized spacial score (nSPS) is 17.4. The van der Waals surface area contributed by atoms with E-state index in [0.717, 1.165) is 30.5 Å². The Labute approximate surface area is 126 Å². The molecule has 0 spiro atoms. The van der Waals surface area contributed by atoms with Gasteiger partial charge in [0.25, 0.3) is 0 Å². The first-order valence-corrected chi connectivity index (χ1v) is 8.05. The van der Waals surface area contributed by atoms with Gasteiger partial charge >= 0.3 is 0 Å². The molecule has 0 atom stereocenters. The number of nitrogens with one attached hydrogen (secondary N) is 1. The first-order chi connectivity index (χ1) is 9.55. The Balaban J connectivity index is 2.12. The van der Waals surface area contributed by atoms with Gasteiger partial charge < -0.3 is 5.32 Å². The predicted molar refractivity (Wildman–Crippen MR) is 85.0 cm³/mol. The van der Waals surface area contributed by atoms with E-state index in [0.29, 0.717) is 11.8 Å². The second-order valence-corrected chi connectivity index (χ2v) is 6.64. The molecular formula is C17H24ClNO. The maximum absolute atomic E-state index is 12.7. The first-order valence-electron chi connectivity index (χ1n) is 7.52. The van der Waals surface area contributed by atoms with Crippen molar-refractivity contribution < 1.29 is 4.79 Å². The van der Waals surface area contributed by atoms with Gasteiger partial charge in [-0.3, -0.25) is 4.79 Å². The van der Waals surface area contributed by atoms with Crippen LogP contribution in [-0.2, 0) is 10.7 Å². The second kappa shape index (κ2) is 6.62. The molecule has 0 bridgehead atoms. The van der Waals surface area contributed by atoms with E-state index in [2.05, 4.69) is 19.2 Å². The maximum Gasteiger partial charge on any atom is 0.230 e. The molecule has 0 saturated heterocycles. The minimum atomic E-state index is -0.162. The Hall–Kier alpha value is -1.02. The topological polar surface area (TPSA) is 29.1 Å². The Morgan fingerprint density at radius 1 is 1.35 bits per heavy atom. The molecular weight excluding hydrogens is 270 g/mol. The third-order valence-electron chi connectivity index (χ3n) is 4.18. The van der Waals surface area contributed by atoms with Gasteiger partial charge in [-0.1, -0.05) is 38.8 Å². The van der Waals surface area contributed by atoms with Crippen LogP contribution in [-0.4, -0.2) is 5.91 Å². The van der Waals surface area contributed by atoms with Gasteiger partial charge in [-0.2, -0.15) is 0 Å². The molecule has 1 N–H and O–H groups in total. The Morgan fingerprint density at radius 3 is 2.65 bits per heavy atom. The van der Waals surface area contributed by atoms with Crippen molar-refractivity contribution in [2.75, 3.05) is 5.32 Å². The van der Waals surface area contributed by atoms with E-state index in [-0.39, 0.29) is 11.3 Å². The lowest BCUT2D eigenvalue weighted by molar-refractivity contribution is -0.126. The molecule has 110 valence electrons. The third kappa shape index (κ3) is 3.54. The average Bonchev–Trinajstić information content (AvgIpc) is 2.88. The molecule has 1 saturated carbocycles. The standard InChI is InChI=1S/C17H24ClNO/c1-13(2)11-17(8-3-4-9-17)16(20)19-15-7-5-6-14(10-15)12-18/h5-7,10,13H,3-4,8-9,11-12H2,1-2H3,(H,19,20). The number of anilines is 1. The summed E-state index contributed by atoms with van der Waals surface area (Å²) in [5, 5.41) is 3.11. The molecule has 2 rings (SSSR count). The minimum Gasteiger partial charge on any atom is -0.326 e. The zero-order chi connectivity index (χ0) is 14.6. The molecule has 0 unspecified atom stereocenters. The van der Waals surface area contributed by atoms with Crippen LogP contribution in [0.4, 0.5) is 5.69 Å². The lowest BCUT2D eigenvalue weighted by Crippen LogP contribution is -2.35. The number of amides is 1. The molecule has 0 radical (unpaired) electrons. The van der Waals surface area contributed by atoms with E-state index in [1.54, 1.807) is 0 Å². The number of hydrogen-bond donors (Lipinski definition) is 1. The van der Waals surface area contributed by atoms with Crippen LogP contribution in [0.25, 0.3) is 0 Å². The predicted octanol–water partition coefficient (Wildman–Crippen LogP) is 4.97. The quantitative estimate of drug-likeness (QED) is 0.763. The van der Waals surface area contributed by atoms with Crippen molar-refractivity contribution in [3.63, 3.8) is 0 Å². The minimum absolute atomic E-state index is 0.162. The van der Waals surface area contributed by atoms with Crippen molar-refractivity contribution in [1.29, 1.82) is 0 Å². The Bertz CT molecular complexity index is 464. The number of rotatable bonds is 5. The van der Waals surface area contributed by atoms with Gasteiger partial charge in [-0.15, -0.1) is 11.6 Å². The highest BCUT2D eigenvalue weighted by atomic mass is 35.5. The summed E-state index contributed by atoms with van der Waals surface area (Å²) in [6.07, 6.45) is 5.36. The van der Waals surface area contributed by atoms with Crippen LogP contribution < -0.4 is 5.32 Å². The summed E-state index contributed by atoms with van der Waals surface area (Å²) < 4.78 is 0. The van der Waals surface area contributed by atoms with Crippen LogP contribution in [0.15, 0.2) is 24.3 Å². The number of benzene rings is 1. The molecule has 1 aliphatic rings. The first kappa shape index (κ1) is 15.4.